The number of benzene rings is 2. The van der Waals surface area contributed by atoms with Crippen molar-refractivity contribution in [1.82, 2.24) is 14.5 Å². The predicted molar refractivity (Wildman–Crippen MR) is 138 cm³/mol. The molecule has 0 unspecified atom stereocenters. The van der Waals surface area contributed by atoms with Gasteiger partial charge in [-0.1, -0.05) is 29.1 Å². The van der Waals surface area contributed by atoms with E-state index in [-0.39, 0.29) is 31.2 Å². The zero-order valence-corrected chi connectivity index (χ0v) is 20.7. The number of fused-ring (bicyclic) bond motifs is 1. The van der Waals surface area contributed by atoms with Gasteiger partial charge in [0.2, 0.25) is 5.95 Å². The molecule has 1 amide bonds. The lowest BCUT2D eigenvalue weighted by Crippen LogP contribution is -2.43. The summed E-state index contributed by atoms with van der Waals surface area (Å²) in [6.07, 6.45) is 6.05. The minimum Gasteiger partial charge on any atom is -0.484 e. The van der Waals surface area contributed by atoms with Crippen molar-refractivity contribution in [2.24, 2.45) is 0 Å². The second kappa shape index (κ2) is 10.9. The summed E-state index contributed by atoms with van der Waals surface area (Å²) in [5, 5.41) is 1.21. The van der Waals surface area contributed by atoms with Crippen molar-refractivity contribution in [3.8, 4) is 18.1 Å². The third kappa shape index (κ3) is 5.45. The molecule has 0 N–H and O–H groups in total. The van der Waals surface area contributed by atoms with Crippen LogP contribution < -0.4 is 15.2 Å². The van der Waals surface area contributed by atoms with E-state index >= 15 is 0 Å². The van der Waals surface area contributed by atoms with Crippen LogP contribution in [0.3, 0.4) is 0 Å². The van der Waals surface area contributed by atoms with Crippen molar-refractivity contribution in [2.45, 2.75) is 26.4 Å². The number of rotatable bonds is 7. The summed E-state index contributed by atoms with van der Waals surface area (Å²) in [6.45, 7) is 3.06. The summed E-state index contributed by atoms with van der Waals surface area (Å²) < 4.78 is 7.07. The van der Waals surface area contributed by atoms with E-state index in [1.165, 1.54) is 4.57 Å². The highest BCUT2D eigenvalue weighted by Crippen LogP contribution is 2.26. The number of anilines is 2. The maximum absolute atomic E-state index is 13.5. The van der Waals surface area contributed by atoms with Crippen LogP contribution >= 0.6 is 23.2 Å². The molecule has 0 saturated carbocycles. The Labute approximate surface area is 213 Å². The Hall–Kier alpha value is -3.47. The number of nitrogens with zero attached hydrogens (tertiary/aromatic N) is 4. The monoisotopic (exact) mass is 510 g/mol. The first-order valence-corrected chi connectivity index (χ1v) is 11.9. The summed E-state index contributed by atoms with van der Waals surface area (Å²) >= 11 is 11.9. The van der Waals surface area contributed by atoms with Crippen LogP contribution in [0.25, 0.3) is 0 Å². The Balaban J connectivity index is 1.59. The molecule has 7 nitrogen and oxygen atoms in total. The minimum absolute atomic E-state index is 0.0617. The molecule has 0 radical (unpaired) electrons. The van der Waals surface area contributed by atoms with Crippen molar-refractivity contribution in [2.75, 3.05) is 24.6 Å². The lowest BCUT2D eigenvalue weighted by atomic mass is 10.1. The zero-order chi connectivity index (χ0) is 24.9. The van der Waals surface area contributed by atoms with Gasteiger partial charge in [-0.25, -0.2) is 4.98 Å². The predicted octanol–water partition coefficient (Wildman–Crippen LogP) is 4.31. The number of carbonyl (C=O) groups is 1. The smallest absolute Gasteiger partial charge is 0.261 e. The molecule has 9 heteroatoms. The fraction of sp³-hybridized carbons (Fsp3) is 0.269. The lowest BCUT2D eigenvalue weighted by molar-refractivity contribution is -0.134. The molecular formula is C26H24Cl2N4O3. The van der Waals surface area contributed by atoms with Gasteiger partial charge >= 0.3 is 0 Å². The van der Waals surface area contributed by atoms with Crippen LogP contribution in [0.1, 0.15) is 18.2 Å². The SMILES string of the molecule is C#CCn1c(N(CC)c2ccc(Cl)cc2)nc2c(c1=O)CN(C(=O)COc1ccc(Cl)cc1)CC2. The van der Waals surface area contributed by atoms with Gasteiger partial charge in [0, 0.05) is 35.2 Å². The first-order chi connectivity index (χ1) is 16.9. The number of hydrogen-bond donors (Lipinski definition) is 0. The number of aromatic nitrogens is 2. The molecule has 1 aliphatic heterocycles. The van der Waals surface area contributed by atoms with Gasteiger partial charge in [-0.15, -0.1) is 6.42 Å². The molecule has 0 saturated heterocycles. The van der Waals surface area contributed by atoms with Crippen LogP contribution in [-0.4, -0.2) is 40.1 Å². The van der Waals surface area contributed by atoms with Crippen LogP contribution in [0, 0.1) is 12.3 Å². The summed E-state index contributed by atoms with van der Waals surface area (Å²) in [5.41, 5.74) is 1.75. The van der Waals surface area contributed by atoms with Crippen LogP contribution in [0.2, 0.25) is 10.0 Å². The average molecular weight is 511 g/mol. The molecule has 1 aliphatic rings. The number of hydrogen-bond acceptors (Lipinski definition) is 5. The Bertz CT molecular complexity index is 1310. The first kappa shape index (κ1) is 24.6. The van der Waals surface area contributed by atoms with E-state index in [9.17, 15) is 9.59 Å². The first-order valence-electron chi connectivity index (χ1n) is 11.2. The molecule has 2 heterocycles. The van der Waals surface area contributed by atoms with E-state index in [0.29, 0.717) is 52.5 Å². The van der Waals surface area contributed by atoms with Crippen LogP contribution in [0.4, 0.5) is 11.6 Å². The van der Waals surface area contributed by atoms with Crippen molar-refractivity contribution in [1.29, 1.82) is 0 Å². The van der Waals surface area contributed by atoms with Crippen LogP contribution in [-0.2, 0) is 24.3 Å². The van der Waals surface area contributed by atoms with E-state index in [4.69, 9.17) is 39.3 Å². The molecule has 4 rings (SSSR count). The highest BCUT2D eigenvalue weighted by Gasteiger charge is 2.28. The topological polar surface area (TPSA) is 67.7 Å². The second-order valence-corrected chi connectivity index (χ2v) is 8.83. The maximum Gasteiger partial charge on any atom is 0.261 e. The third-order valence-electron chi connectivity index (χ3n) is 5.77. The number of carbonyl (C=O) groups excluding carboxylic acids is 1. The summed E-state index contributed by atoms with van der Waals surface area (Å²) in [5.74, 6) is 3.36. The highest BCUT2D eigenvalue weighted by atomic mass is 35.5. The number of ether oxygens (including phenoxy) is 1. The molecule has 0 spiro atoms. The molecule has 0 atom stereocenters. The molecule has 180 valence electrons. The van der Waals surface area contributed by atoms with Gasteiger partial charge in [-0.2, -0.15) is 0 Å². The number of terminal acetylenes is 1. The summed E-state index contributed by atoms with van der Waals surface area (Å²) in [6, 6.07) is 14.1. The minimum atomic E-state index is -0.244. The third-order valence-corrected chi connectivity index (χ3v) is 6.27. The van der Waals surface area contributed by atoms with E-state index in [0.717, 1.165) is 5.69 Å². The molecular weight excluding hydrogens is 487 g/mol. The largest absolute Gasteiger partial charge is 0.484 e. The molecule has 3 aromatic rings. The van der Waals surface area contributed by atoms with Gasteiger partial charge in [0.15, 0.2) is 6.61 Å². The van der Waals surface area contributed by atoms with E-state index in [1.54, 1.807) is 41.3 Å². The van der Waals surface area contributed by atoms with Crippen LogP contribution in [0.15, 0.2) is 53.3 Å². The van der Waals surface area contributed by atoms with Gasteiger partial charge in [-0.3, -0.25) is 14.2 Å². The highest BCUT2D eigenvalue weighted by molar-refractivity contribution is 6.30. The van der Waals surface area contributed by atoms with E-state index in [2.05, 4.69) is 5.92 Å². The summed E-state index contributed by atoms with van der Waals surface area (Å²) in [4.78, 5) is 34.7. The van der Waals surface area contributed by atoms with Gasteiger partial charge in [-0.05, 0) is 55.5 Å². The lowest BCUT2D eigenvalue weighted by Gasteiger charge is -2.31. The molecule has 0 bridgehead atoms. The summed E-state index contributed by atoms with van der Waals surface area (Å²) in [7, 11) is 0. The van der Waals surface area contributed by atoms with E-state index in [1.807, 2.05) is 24.0 Å². The Morgan fingerprint density at radius 3 is 2.43 bits per heavy atom. The molecule has 35 heavy (non-hydrogen) atoms. The van der Waals surface area contributed by atoms with Crippen molar-refractivity contribution in [3.05, 3.63) is 80.2 Å². The quantitative estimate of drug-likeness (QED) is 0.443. The number of amides is 1. The van der Waals surface area contributed by atoms with Gasteiger partial charge in [0.1, 0.15) is 5.75 Å². The molecule has 1 aromatic heterocycles. The maximum atomic E-state index is 13.5. The molecule has 0 fully saturated rings. The normalized spacial score (nSPS) is 12.6. The molecule has 0 aliphatic carbocycles. The van der Waals surface area contributed by atoms with Crippen LogP contribution in [0.5, 0.6) is 5.75 Å². The van der Waals surface area contributed by atoms with Gasteiger partial charge in [0.05, 0.1) is 24.3 Å². The standard InChI is InChI=1S/C26H24Cl2N4O3/c1-3-14-32-25(34)22-16-30(24(33)17-35-21-11-7-19(28)8-12-21)15-13-23(22)29-26(32)31(4-2)20-9-5-18(27)6-10-20/h1,5-12H,4,13-17H2,2H3. The fourth-order valence-corrected chi connectivity index (χ4v) is 4.23. The second-order valence-electron chi connectivity index (χ2n) is 7.96. The Morgan fingerprint density at radius 1 is 1.14 bits per heavy atom. The van der Waals surface area contributed by atoms with Crippen molar-refractivity contribution < 1.29 is 9.53 Å². The Kier molecular flexibility index (Phi) is 7.64. The zero-order valence-electron chi connectivity index (χ0n) is 19.2. The van der Waals surface area contributed by atoms with Gasteiger partial charge < -0.3 is 14.5 Å². The van der Waals surface area contributed by atoms with E-state index < -0.39 is 0 Å². The molecule has 2 aromatic carbocycles. The van der Waals surface area contributed by atoms with Crippen molar-refractivity contribution in [3.63, 3.8) is 0 Å². The number of halogens is 2. The van der Waals surface area contributed by atoms with Gasteiger partial charge in [0.25, 0.3) is 11.5 Å². The fourth-order valence-electron chi connectivity index (χ4n) is 3.98. The van der Waals surface area contributed by atoms with Crippen molar-refractivity contribution >= 4 is 40.7 Å². The Morgan fingerprint density at radius 2 is 1.80 bits per heavy atom. The average Bonchev–Trinajstić information content (AvgIpc) is 2.87.